The molecule has 0 saturated heterocycles. The first-order valence-electron chi connectivity index (χ1n) is 8.14. The monoisotopic (exact) mass is 454 g/mol. The molecule has 5 nitrogen and oxygen atoms in total. The lowest BCUT2D eigenvalue weighted by Gasteiger charge is -2.12. The normalized spacial score (nSPS) is 10.2. The van der Waals surface area contributed by atoms with Crippen molar-refractivity contribution in [2.45, 2.75) is 20.3 Å². The van der Waals surface area contributed by atoms with E-state index >= 15 is 0 Å². The molecule has 0 fully saturated rings. The Hall–Kier alpha value is -1.96. The van der Waals surface area contributed by atoms with Gasteiger partial charge in [-0.15, -0.1) is 0 Å². The Kier molecular flexibility index (Phi) is 7.36. The Morgan fingerprint density at radius 3 is 2.64 bits per heavy atom. The summed E-state index contributed by atoms with van der Waals surface area (Å²) >= 11 is 2.25. The highest BCUT2D eigenvalue weighted by atomic mass is 127. The van der Waals surface area contributed by atoms with Gasteiger partial charge in [-0.2, -0.15) is 0 Å². The number of methoxy groups -OCH3 is 1. The van der Waals surface area contributed by atoms with Crippen LogP contribution in [0.2, 0.25) is 0 Å². The number of anilines is 1. The van der Waals surface area contributed by atoms with Crippen LogP contribution in [0.4, 0.5) is 10.5 Å². The van der Waals surface area contributed by atoms with E-state index in [1.807, 2.05) is 50.2 Å². The smallest absolute Gasteiger partial charge is 0.319 e. The molecule has 2 aromatic carbocycles. The number of halogens is 1. The van der Waals surface area contributed by atoms with Crippen LogP contribution in [-0.4, -0.2) is 26.3 Å². The zero-order valence-corrected chi connectivity index (χ0v) is 16.8. The molecule has 134 valence electrons. The zero-order chi connectivity index (χ0) is 18.2. The van der Waals surface area contributed by atoms with Gasteiger partial charge in [0.15, 0.2) is 11.5 Å². The van der Waals surface area contributed by atoms with Gasteiger partial charge in [-0.05, 0) is 84.3 Å². The fourth-order valence-corrected chi connectivity index (χ4v) is 3.04. The van der Waals surface area contributed by atoms with Crippen LogP contribution < -0.4 is 20.1 Å². The van der Waals surface area contributed by atoms with Crippen LogP contribution in [0.15, 0.2) is 36.4 Å². The van der Waals surface area contributed by atoms with Crippen molar-refractivity contribution in [2.24, 2.45) is 0 Å². The zero-order valence-electron chi connectivity index (χ0n) is 14.7. The van der Waals surface area contributed by atoms with E-state index in [2.05, 4.69) is 33.2 Å². The maximum absolute atomic E-state index is 12.0. The predicted molar refractivity (Wildman–Crippen MR) is 109 cm³/mol. The average Bonchev–Trinajstić information content (AvgIpc) is 2.59. The minimum absolute atomic E-state index is 0.206. The molecule has 0 bridgehead atoms. The number of carbonyl (C=O) groups is 1. The first kappa shape index (κ1) is 19.4. The van der Waals surface area contributed by atoms with Crippen LogP contribution in [0.3, 0.4) is 0 Å². The first-order chi connectivity index (χ1) is 12.0. The molecule has 0 aliphatic carbocycles. The number of hydrogen-bond acceptors (Lipinski definition) is 3. The fourth-order valence-electron chi connectivity index (χ4n) is 2.40. The number of aryl methyl sites for hydroxylation is 1. The number of nitrogens with one attached hydrogen (secondary N) is 2. The predicted octanol–water partition coefficient (Wildman–Crippen LogP) is 4.37. The number of amides is 2. The molecule has 2 aromatic rings. The number of hydrogen-bond donors (Lipinski definition) is 2. The topological polar surface area (TPSA) is 59.6 Å². The molecule has 25 heavy (non-hydrogen) atoms. The van der Waals surface area contributed by atoms with Gasteiger partial charge in [0.1, 0.15) is 0 Å². The molecule has 0 heterocycles. The van der Waals surface area contributed by atoms with E-state index in [-0.39, 0.29) is 6.03 Å². The van der Waals surface area contributed by atoms with Crippen LogP contribution in [0, 0.1) is 10.5 Å². The molecular weight excluding hydrogens is 431 g/mol. The Balaban J connectivity index is 1.86. The number of ether oxygens (including phenoxy) is 2. The van der Waals surface area contributed by atoms with Gasteiger partial charge >= 0.3 is 6.03 Å². The molecule has 6 heteroatoms. The second-order valence-corrected chi connectivity index (χ2v) is 6.75. The third kappa shape index (κ3) is 5.81. The molecule has 0 saturated carbocycles. The van der Waals surface area contributed by atoms with Crippen molar-refractivity contribution < 1.29 is 14.3 Å². The van der Waals surface area contributed by atoms with Gasteiger partial charge < -0.3 is 20.1 Å². The van der Waals surface area contributed by atoms with Crippen molar-refractivity contribution in [1.82, 2.24) is 5.32 Å². The third-order valence-electron chi connectivity index (χ3n) is 3.66. The van der Waals surface area contributed by atoms with E-state index in [1.165, 1.54) is 0 Å². The summed E-state index contributed by atoms with van der Waals surface area (Å²) in [7, 11) is 1.62. The van der Waals surface area contributed by atoms with Gasteiger partial charge in [0.05, 0.1) is 13.7 Å². The van der Waals surface area contributed by atoms with Crippen molar-refractivity contribution in [3.63, 3.8) is 0 Å². The summed E-state index contributed by atoms with van der Waals surface area (Å²) in [5.41, 5.74) is 2.94. The van der Waals surface area contributed by atoms with E-state index in [1.54, 1.807) is 7.11 Å². The Morgan fingerprint density at radius 2 is 1.96 bits per heavy atom. The minimum Gasteiger partial charge on any atom is -0.493 e. The van der Waals surface area contributed by atoms with Gasteiger partial charge in [0.25, 0.3) is 0 Å². The largest absolute Gasteiger partial charge is 0.493 e. The molecule has 2 rings (SSSR count). The summed E-state index contributed by atoms with van der Waals surface area (Å²) in [5.74, 6) is 1.44. The minimum atomic E-state index is -0.206. The van der Waals surface area contributed by atoms with E-state index in [0.29, 0.717) is 25.3 Å². The van der Waals surface area contributed by atoms with Crippen LogP contribution >= 0.6 is 22.6 Å². The van der Waals surface area contributed by atoms with Gasteiger partial charge in [-0.3, -0.25) is 0 Å². The second-order valence-electron chi connectivity index (χ2n) is 5.51. The van der Waals surface area contributed by atoms with Crippen molar-refractivity contribution in [1.29, 1.82) is 0 Å². The highest BCUT2D eigenvalue weighted by molar-refractivity contribution is 14.1. The molecule has 0 spiro atoms. The summed E-state index contributed by atoms with van der Waals surface area (Å²) in [4.78, 5) is 12.0. The molecule has 0 aliphatic heterocycles. The first-order valence-corrected chi connectivity index (χ1v) is 9.22. The molecular formula is C19H23IN2O3. The second kappa shape index (κ2) is 9.50. The van der Waals surface area contributed by atoms with Crippen LogP contribution in [-0.2, 0) is 6.42 Å². The molecule has 0 aromatic heterocycles. The lowest BCUT2D eigenvalue weighted by Crippen LogP contribution is -2.30. The molecule has 2 amide bonds. The summed E-state index contributed by atoms with van der Waals surface area (Å²) in [6.45, 7) is 5.04. The maximum atomic E-state index is 12.0. The molecule has 0 unspecified atom stereocenters. The Morgan fingerprint density at radius 1 is 1.16 bits per heavy atom. The van der Waals surface area contributed by atoms with Gasteiger partial charge in [0, 0.05) is 15.8 Å². The van der Waals surface area contributed by atoms with Crippen molar-refractivity contribution >= 4 is 34.3 Å². The van der Waals surface area contributed by atoms with E-state index < -0.39 is 0 Å². The molecule has 0 atom stereocenters. The summed E-state index contributed by atoms with van der Waals surface area (Å²) in [6.07, 6.45) is 0.710. The maximum Gasteiger partial charge on any atom is 0.319 e. The SMILES string of the molecule is CCOc1ccc(CCNC(=O)Nc2ccc(I)cc2C)cc1OC. The lowest BCUT2D eigenvalue weighted by atomic mass is 10.1. The standard InChI is InChI=1S/C19H23IN2O3/c1-4-25-17-8-5-14(12-18(17)24-3)9-10-21-19(23)22-16-7-6-15(20)11-13(16)2/h5-8,11-12H,4,9-10H2,1-3H3,(H2,21,22,23). The van der Waals surface area contributed by atoms with E-state index in [4.69, 9.17) is 9.47 Å². The number of benzene rings is 2. The summed E-state index contributed by atoms with van der Waals surface area (Å²) in [5, 5.41) is 5.75. The van der Waals surface area contributed by atoms with Crippen LogP contribution in [0.1, 0.15) is 18.1 Å². The number of carbonyl (C=O) groups excluding carboxylic acids is 1. The van der Waals surface area contributed by atoms with Crippen molar-refractivity contribution in [3.05, 3.63) is 51.1 Å². The number of rotatable bonds is 7. The van der Waals surface area contributed by atoms with Crippen LogP contribution in [0.25, 0.3) is 0 Å². The van der Waals surface area contributed by atoms with Gasteiger partial charge in [-0.25, -0.2) is 4.79 Å². The fraction of sp³-hybridized carbons (Fsp3) is 0.316. The summed E-state index contributed by atoms with van der Waals surface area (Å²) in [6, 6.07) is 11.5. The molecule has 2 N–H and O–H groups in total. The highest BCUT2D eigenvalue weighted by Gasteiger charge is 2.07. The Bertz CT molecular complexity index is 735. The quantitative estimate of drug-likeness (QED) is 0.611. The van der Waals surface area contributed by atoms with Crippen molar-refractivity contribution in [3.8, 4) is 11.5 Å². The van der Waals surface area contributed by atoms with Crippen molar-refractivity contribution in [2.75, 3.05) is 25.6 Å². The van der Waals surface area contributed by atoms with Gasteiger partial charge in [0.2, 0.25) is 0 Å². The molecule has 0 radical (unpaired) electrons. The van der Waals surface area contributed by atoms with Gasteiger partial charge in [-0.1, -0.05) is 6.07 Å². The number of urea groups is 1. The Labute approximate surface area is 162 Å². The highest BCUT2D eigenvalue weighted by Crippen LogP contribution is 2.28. The lowest BCUT2D eigenvalue weighted by molar-refractivity contribution is 0.252. The van der Waals surface area contributed by atoms with Crippen LogP contribution in [0.5, 0.6) is 11.5 Å². The third-order valence-corrected chi connectivity index (χ3v) is 4.33. The average molecular weight is 454 g/mol. The summed E-state index contributed by atoms with van der Waals surface area (Å²) < 4.78 is 12.0. The van der Waals surface area contributed by atoms with E-state index in [9.17, 15) is 4.79 Å². The molecule has 0 aliphatic rings. The van der Waals surface area contributed by atoms with E-state index in [0.717, 1.165) is 26.1 Å².